The van der Waals surface area contributed by atoms with Gasteiger partial charge in [-0.05, 0) is 49.2 Å². The van der Waals surface area contributed by atoms with Gasteiger partial charge in [0, 0.05) is 18.8 Å². The quantitative estimate of drug-likeness (QED) is 0.594. The lowest BCUT2D eigenvalue weighted by molar-refractivity contribution is 0.738. The zero-order valence-electron chi connectivity index (χ0n) is 14.9. The van der Waals surface area contributed by atoms with Gasteiger partial charge >= 0.3 is 0 Å². The third-order valence-corrected chi connectivity index (χ3v) is 4.83. The van der Waals surface area contributed by atoms with Crippen molar-refractivity contribution in [2.45, 2.75) is 13.3 Å². The third-order valence-electron chi connectivity index (χ3n) is 4.83. The van der Waals surface area contributed by atoms with E-state index in [0.717, 1.165) is 36.3 Å². The van der Waals surface area contributed by atoms with Crippen LogP contribution in [0.1, 0.15) is 17.7 Å². The second-order valence-corrected chi connectivity index (χ2v) is 6.74. The molecule has 0 saturated heterocycles. The van der Waals surface area contributed by atoms with Gasteiger partial charge < -0.3 is 5.32 Å². The van der Waals surface area contributed by atoms with Crippen molar-refractivity contribution >= 4 is 16.7 Å². The van der Waals surface area contributed by atoms with Gasteiger partial charge in [0.1, 0.15) is 11.3 Å². The SMILES string of the molecule is Cc1cn2nc(-c3cc(=O)n4cc(C5=CCNCC5)ccc4n3)cc2cn1. The van der Waals surface area contributed by atoms with Crippen LogP contribution in [0, 0.1) is 6.92 Å². The van der Waals surface area contributed by atoms with Gasteiger partial charge in [-0.3, -0.25) is 14.2 Å². The molecule has 0 aromatic carbocycles. The van der Waals surface area contributed by atoms with Crippen LogP contribution in [0.4, 0.5) is 0 Å². The van der Waals surface area contributed by atoms with Crippen molar-refractivity contribution < 1.29 is 0 Å². The Hall–Kier alpha value is -3.32. The number of hydrogen-bond donors (Lipinski definition) is 1. The summed E-state index contributed by atoms with van der Waals surface area (Å²) in [6.07, 6.45) is 8.62. The molecule has 0 unspecified atom stereocenters. The summed E-state index contributed by atoms with van der Waals surface area (Å²) in [7, 11) is 0. The number of hydrogen-bond acceptors (Lipinski definition) is 5. The van der Waals surface area contributed by atoms with E-state index in [2.05, 4.69) is 26.5 Å². The first-order valence-electron chi connectivity index (χ1n) is 8.93. The number of fused-ring (bicyclic) bond motifs is 2. The van der Waals surface area contributed by atoms with Crippen LogP contribution in [-0.2, 0) is 0 Å². The van der Waals surface area contributed by atoms with E-state index >= 15 is 0 Å². The Morgan fingerprint density at radius 2 is 2.07 bits per heavy atom. The molecule has 0 atom stereocenters. The van der Waals surface area contributed by atoms with Crippen molar-refractivity contribution in [3.63, 3.8) is 0 Å². The summed E-state index contributed by atoms with van der Waals surface area (Å²) in [4.78, 5) is 21.6. The van der Waals surface area contributed by atoms with Crippen LogP contribution < -0.4 is 10.9 Å². The topological polar surface area (TPSA) is 76.6 Å². The van der Waals surface area contributed by atoms with Crippen molar-refractivity contribution in [2.75, 3.05) is 13.1 Å². The van der Waals surface area contributed by atoms with E-state index in [9.17, 15) is 4.79 Å². The number of nitrogens with zero attached hydrogens (tertiary/aromatic N) is 5. The van der Waals surface area contributed by atoms with Crippen LogP contribution in [0.15, 0.2) is 53.7 Å². The maximum absolute atomic E-state index is 12.7. The molecule has 1 aliphatic heterocycles. The molecule has 27 heavy (non-hydrogen) atoms. The number of pyridine rings is 1. The van der Waals surface area contributed by atoms with Crippen LogP contribution in [0.3, 0.4) is 0 Å². The molecule has 4 aromatic heterocycles. The molecule has 5 heterocycles. The van der Waals surface area contributed by atoms with Crippen LogP contribution in [0.5, 0.6) is 0 Å². The summed E-state index contributed by atoms with van der Waals surface area (Å²) in [5.41, 5.74) is 5.79. The first-order chi connectivity index (χ1) is 13.2. The van der Waals surface area contributed by atoms with E-state index in [1.165, 1.54) is 11.6 Å². The minimum atomic E-state index is -0.113. The van der Waals surface area contributed by atoms with E-state index < -0.39 is 0 Å². The largest absolute Gasteiger partial charge is 0.313 e. The highest BCUT2D eigenvalue weighted by atomic mass is 16.1. The van der Waals surface area contributed by atoms with Gasteiger partial charge in [-0.1, -0.05) is 6.08 Å². The van der Waals surface area contributed by atoms with Crippen LogP contribution >= 0.6 is 0 Å². The van der Waals surface area contributed by atoms with Gasteiger partial charge in [0.05, 0.1) is 29.3 Å². The highest BCUT2D eigenvalue weighted by Gasteiger charge is 2.11. The van der Waals surface area contributed by atoms with Gasteiger partial charge in [-0.2, -0.15) is 5.10 Å². The summed E-state index contributed by atoms with van der Waals surface area (Å²) in [6, 6.07) is 7.35. The first-order valence-corrected chi connectivity index (χ1v) is 8.93. The van der Waals surface area contributed by atoms with Crippen molar-refractivity contribution in [3.05, 3.63) is 70.5 Å². The minimum Gasteiger partial charge on any atom is -0.313 e. The summed E-state index contributed by atoms with van der Waals surface area (Å²) in [5.74, 6) is 0. The lowest BCUT2D eigenvalue weighted by Crippen LogP contribution is -2.20. The molecule has 0 spiro atoms. The molecule has 0 fully saturated rings. The van der Waals surface area contributed by atoms with E-state index in [1.807, 2.05) is 37.5 Å². The average molecular weight is 358 g/mol. The maximum Gasteiger partial charge on any atom is 0.258 e. The van der Waals surface area contributed by atoms with E-state index in [-0.39, 0.29) is 5.56 Å². The number of nitrogens with one attached hydrogen (secondary N) is 1. The lowest BCUT2D eigenvalue weighted by Gasteiger charge is -2.14. The Kier molecular flexibility index (Phi) is 3.61. The summed E-state index contributed by atoms with van der Waals surface area (Å²) < 4.78 is 3.36. The highest BCUT2D eigenvalue weighted by Crippen LogP contribution is 2.21. The van der Waals surface area contributed by atoms with Gasteiger partial charge in [0.15, 0.2) is 0 Å². The molecular formula is C20H18N6O. The highest BCUT2D eigenvalue weighted by molar-refractivity contribution is 5.68. The Labute approximate surface area is 155 Å². The maximum atomic E-state index is 12.7. The molecule has 5 rings (SSSR count). The minimum absolute atomic E-state index is 0.113. The molecule has 7 nitrogen and oxygen atoms in total. The number of aromatic nitrogens is 5. The lowest BCUT2D eigenvalue weighted by atomic mass is 10.0. The molecule has 1 N–H and O–H groups in total. The smallest absolute Gasteiger partial charge is 0.258 e. The standard InChI is InChI=1S/C20H18N6O/c1-13-11-26-16(10-22-13)8-18(24-26)17-9-20(27)25-12-15(2-3-19(25)23-17)14-4-6-21-7-5-14/h2-4,8-12,21H,5-7H2,1H3. The fourth-order valence-electron chi connectivity index (χ4n) is 3.42. The molecule has 0 aliphatic carbocycles. The van der Waals surface area contributed by atoms with Gasteiger partial charge in [-0.25, -0.2) is 9.50 Å². The molecule has 0 saturated carbocycles. The van der Waals surface area contributed by atoms with Gasteiger partial charge in [0.25, 0.3) is 5.56 Å². The monoisotopic (exact) mass is 358 g/mol. The summed E-state index contributed by atoms with van der Waals surface area (Å²) >= 11 is 0. The van der Waals surface area contributed by atoms with Gasteiger partial charge in [0.2, 0.25) is 0 Å². The van der Waals surface area contributed by atoms with Crippen molar-refractivity contribution in [2.24, 2.45) is 0 Å². The van der Waals surface area contributed by atoms with E-state index in [1.54, 1.807) is 15.1 Å². The molecular weight excluding hydrogens is 340 g/mol. The van der Waals surface area contributed by atoms with Crippen LogP contribution in [0.25, 0.3) is 28.1 Å². The normalized spacial score (nSPS) is 14.6. The Morgan fingerprint density at radius 3 is 2.93 bits per heavy atom. The summed E-state index contributed by atoms with van der Waals surface area (Å²) in [5, 5.41) is 7.84. The Bertz CT molecular complexity index is 1270. The van der Waals surface area contributed by atoms with Crippen molar-refractivity contribution in [3.8, 4) is 11.4 Å². The molecule has 0 amide bonds. The second-order valence-electron chi connectivity index (χ2n) is 6.74. The average Bonchev–Trinajstić information content (AvgIpc) is 3.11. The van der Waals surface area contributed by atoms with Crippen molar-refractivity contribution in [1.29, 1.82) is 0 Å². The first kappa shape index (κ1) is 15.9. The molecule has 1 aliphatic rings. The zero-order valence-corrected chi connectivity index (χ0v) is 14.9. The van der Waals surface area contributed by atoms with E-state index in [4.69, 9.17) is 0 Å². The zero-order chi connectivity index (χ0) is 18.4. The van der Waals surface area contributed by atoms with E-state index in [0.29, 0.717) is 17.0 Å². The fraction of sp³-hybridized carbons (Fsp3) is 0.200. The molecule has 7 heteroatoms. The molecule has 0 bridgehead atoms. The van der Waals surface area contributed by atoms with Crippen molar-refractivity contribution in [1.82, 2.24) is 29.3 Å². The van der Waals surface area contributed by atoms with Crippen LogP contribution in [0.2, 0.25) is 0 Å². The van der Waals surface area contributed by atoms with Crippen LogP contribution in [-0.4, -0.2) is 37.1 Å². The predicted octanol–water partition coefficient (Wildman–Crippen LogP) is 2.09. The summed E-state index contributed by atoms with van der Waals surface area (Å²) in [6.45, 7) is 3.73. The number of aryl methyl sites for hydroxylation is 1. The molecule has 134 valence electrons. The molecule has 4 aromatic rings. The number of rotatable bonds is 2. The second kappa shape index (κ2) is 6.14. The van der Waals surface area contributed by atoms with Gasteiger partial charge in [-0.15, -0.1) is 0 Å². The third kappa shape index (κ3) is 2.82. The fourth-order valence-corrected chi connectivity index (χ4v) is 3.42. The predicted molar refractivity (Wildman–Crippen MR) is 104 cm³/mol. The Morgan fingerprint density at radius 1 is 1.15 bits per heavy atom. The Balaban J connectivity index is 1.62. The molecule has 0 radical (unpaired) electrons.